The van der Waals surface area contributed by atoms with Gasteiger partial charge >= 0.3 is 6.03 Å². The summed E-state index contributed by atoms with van der Waals surface area (Å²) in [6.07, 6.45) is 4.14. The maximum Gasteiger partial charge on any atom is 0.325 e. The summed E-state index contributed by atoms with van der Waals surface area (Å²) < 4.78 is 5.14. The highest BCUT2D eigenvalue weighted by Gasteiger charge is 2.52. The van der Waals surface area contributed by atoms with E-state index in [1.807, 2.05) is 24.3 Å². The van der Waals surface area contributed by atoms with Crippen molar-refractivity contribution in [1.29, 1.82) is 0 Å². The number of nitrogens with one attached hydrogen (secondary N) is 3. The lowest BCUT2D eigenvalue weighted by molar-refractivity contribution is -0.136. The summed E-state index contributed by atoms with van der Waals surface area (Å²) in [4.78, 5) is 43.1. The molecule has 0 bridgehead atoms. The highest BCUT2D eigenvalue weighted by atomic mass is 16.5. The molecule has 170 valence electrons. The molecule has 3 N–H and O–H groups in total. The van der Waals surface area contributed by atoms with Gasteiger partial charge in [0.25, 0.3) is 5.91 Å². The van der Waals surface area contributed by atoms with Crippen LogP contribution < -0.4 is 15.4 Å². The number of hydrogen-bond acceptors (Lipinski definition) is 6. The molecule has 0 unspecified atom stereocenters. The van der Waals surface area contributed by atoms with Crippen molar-refractivity contribution in [3.8, 4) is 17.1 Å². The van der Waals surface area contributed by atoms with Crippen molar-refractivity contribution < 1.29 is 19.1 Å². The van der Waals surface area contributed by atoms with E-state index in [2.05, 4.69) is 32.7 Å². The van der Waals surface area contributed by atoms with Crippen molar-refractivity contribution in [1.82, 2.24) is 30.7 Å². The number of aromatic amines is 1. The molecule has 2 aliphatic rings. The fourth-order valence-corrected chi connectivity index (χ4v) is 4.36. The molecule has 1 aliphatic carbocycles. The van der Waals surface area contributed by atoms with Gasteiger partial charge in [0, 0.05) is 5.56 Å². The van der Waals surface area contributed by atoms with Crippen LogP contribution in [0.4, 0.5) is 4.79 Å². The third-order valence-corrected chi connectivity index (χ3v) is 6.42. The molecule has 4 amide bonds. The third kappa shape index (κ3) is 4.30. The average Bonchev–Trinajstić information content (AvgIpc) is 3.37. The van der Waals surface area contributed by atoms with Crippen LogP contribution in [-0.2, 0) is 16.1 Å². The molecule has 0 radical (unpaired) electrons. The minimum Gasteiger partial charge on any atom is -0.497 e. The Morgan fingerprint density at radius 1 is 1.25 bits per heavy atom. The zero-order valence-electron chi connectivity index (χ0n) is 18.3. The predicted octanol–water partition coefficient (Wildman–Crippen LogP) is 1.99. The van der Waals surface area contributed by atoms with Crippen LogP contribution in [0.1, 0.15) is 44.9 Å². The van der Waals surface area contributed by atoms with Crippen LogP contribution in [0.2, 0.25) is 0 Å². The van der Waals surface area contributed by atoms with E-state index in [1.54, 1.807) is 7.11 Å². The Kier molecular flexibility index (Phi) is 6.11. The van der Waals surface area contributed by atoms with Crippen molar-refractivity contribution in [3.63, 3.8) is 0 Å². The number of nitrogens with zero attached hydrogens (tertiary/aromatic N) is 3. The molecule has 2 fully saturated rings. The maximum absolute atomic E-state index is 12.9. The number of urea groups is 1. The molecule has 0 atom stereocenters. The fraction of sp³-hybridized carbons (Fsp3) is 0.500. The zero-order valence-corrected chi connectivity index (χ0v) is 18.3. The number of amides is 4. The number of benzene rings is 1. The quantitative estimate of drug-likeness (QED) is 0.565. The summed E-state index contributed by atoms with van der Waals surface area (Å²) >= 11 is 0. The number of carbonyl (C=O) groups is 3. The first-order valence-electron chi connectivity index (χ1n) is 10.9. The number of rotatable bonds is 7. The molecule has 10 nitrogen and oxygen atoms in total. The Morgan fingerprint density at radius 2 is 1.97 bits per heavy atom. The number of aromatic nitrogens is 3. The summed E-state index contributed by atoms with van der Waals surface area (Å²) in [5, 5.41) is 12.5. The van der Waals surface area contributed by atoms with Crippen LogP contribution in [0, 0.1) is 5.92 Å². The lowest BCUT2D eigenvalue weighted by atomic mass is 9.75. The summed E-state index contributed by atoms with van der Waals surface area (Å²) in [6, 6.07) is 6.80. The average molecular weight is 441 g/mol. The molecule has 2 heterocycles. The Labute approximate surface area is 186 Å². The van der Waals surface area contributed by atoms with E-state index in [4.69, 9.17) is 4.74 Å². The van der Waals surface area contributed by atoms with Gasteiger partial charge in [-0.25, -0.2) is 9.78 Å². The first-order chi connectivity index (χ1) is 15.4. The third-order valence-electron chi connectivity index (χ3n) is 6.42. The minimum atomic E-state index is -0.846. The first-order valence-corrected chi connectivity index (χ1v) is 10.9. The monoisotopic (exact) mass is 440 g/mol. The SMILES string of the molecule is CCC1CCC2(CC1)NC(=O)N(CC(=O)NCc1nc(-c3ccc(OC)cc3)n[nH]1)C2=O. The number of H-pyrrole nitrogens is 1. The zero-order chi connectivity index (χ0) is 22.7. The van der Waals surface area contributed by atoms with Gasteiger partial charge in [-0.1, -0.05) is 13.3 Å². The number of carbonyl (C=O) groups excluding carboxylic acids is 3. The van der Waals surface area contributed by atoms with Gasteiger partial charge in [-0.2, -0.15) is 5.10 Å². The van der Waals surface area contributed by atoms with Gasteiger partial charge < -0.3 is 15.4 Å². The van der Waals surface area contributed by atoms with Crippen LogP contribution in [0.25, 0.3) is 11.4 Å². The molecule has 4 rings (SSSR count). The largest absolute Gasteiger partial charge is 0.497 e. The van der Waals surface area contributed by atoms with Gasteiger partial charge in [0.05, 0.1) is 13.7 Å². The molecule has 1 aliphatic heterocycles. The van der Waals surface area contributed by atoms with Gasteiger partial charge in [0.2, 0.25) is 5.91 Å². The lowest BCUT2D eigenvalue weighted by Crippen LogP contribution is -2.50. The van der Waals surface area contributed by atoms with E-state index in [1.165, 1.54) is 0 Å². The Bertz CT molecular complexity index is 994. The summed E-state index contributed by atoms with van der Waals surface area (Å²) in [6.45, 7) is 1.93. The van der Waals surface area contributed by atoms with Crippen LogP contribution >= 0.6 is 0 Å². The highest BCUT2D eigenvalue weighted by Crippen LogP contribution is 2.37. The highest BCUT2D eigenvalue weighted by molar-refractivity contribution is 6.09. The molecule has 1 aromatic carbocycles. The van der Waals surface area contributed by atoms with Crippen molar-refractivity contribution in [2.24, 2.45) is 5.92 Å². The Hall–Kier alpha value is -3.43. The molecule has 1 spiro atoms. The van der Waals surface area contributed by atoms with Crippen LogP contribution in [0.5, 0.6) is 5.75 Å². The second-order valence-electron chi connectivity index (χ2n) is 8.37. The van der Waals surface area contributed by atoms with Crippen LogP contribution in [0.15, 0.2) is 24.3 Å². The van der Waals surface area contributed by atoms with Crippen molar-refractivity contribution in [3.05, 3.63) is 30.1 Å². The number of ether oxygens (including phenoxy) is 1. The Morgan fingerprint density at radius 3 is 2.62 bits per heavy atom. The van der Waals surface area contributed by atoms with E-state index in [9.17, 15) is 14.4 Å². The summed E-state index contributed by atoms with van der Waals surface area (Å²) in [5.41, 5.74) is -0.0385. The van der Waals surface area contributed by atoms with E-state index >= 15 is 0 Å². The van der Waals surface area contributed by atoms with E-state index < -0.39 is 17.5 Å². The van der Waals surface area contributed by atoms with Crippen molar-refractivity contribution >= 4 is 17.8 Å². The topological polar surface area (TPSA) is 129 Å². The van der Waals surface area contributed by atoms with Crippen molar-refractivity contribution in [2.45, 2.75) is 51.1 Å². The summed E-state index contributed by atoms with van der Waals surface area (Å²) in [5.74, 6) is 1.56. The van der Waals surface area contributed by atoms with E-state index in [0.717, 1.165) is 35.5 Å². The number of hydrogen-bond donors (Lipinski definition) is 3. The molecular weight excluding hydrogens is 412 g/mol. The van der Waals surface area contributed by atoms with Gasteiger partial charge in [-0.05, 0) is 55.9 Å². The molecule has 32 heavy (non-hydrogen) atoms. The van der Waals surface area contributed by atoms with E-state index in [0.29, 0.717) is 30.4 Å². The van der Waals surface area contributed by atoms with E-state index in [-0.39, 0.29) is 19.0 Å². The lowest BCUT2D eigenvalue weighted by Gasteiger charge is -2.34. The second-order valence-corrected chi connectivity index (χ2v) is 8.37. The number of methoxy groups -OCH3 is 1. The van der Waals surface area contributed by atoms with Gasteiger partial charge in [-0.3, -0.25) is 19.6 Å². The predicted molar refractivity (Wildman–Crippen MR) is 115 cm³/mol. The molecular formula is C22H28N6O4. The van der Waals surface area contributed by atoms with Gasteiger partial charge in [0.15, 0.2) is 5.82 Å². The van der Waals surface area contributed by atoms with Crippen LogP contribution in [-0.4, -0.2) is 57.1 Å². The summed E-state index contributed by atoms with van der Waals surface area (Å²) in [7, 11) is 1.60. The van der Waals surface area contributed by atoms with Crippen LogP contribution in [0.3, 0.4) is 0 Å². The second kappa shape index (κ2) is 8.97. The molecule has 1 saturated carbocycles. The smallest absolute Gasteiger partial charge is 0.325 e. The molecule has 1 saturated heterocycles. The molecule has 1 aromatic heterocycles. The Balaban J connectivity index is 1.31. The van der Waals surface area contributed by atoms with Gasteiger partial charge in [-0.15, -0.1) is 0 Å². The molecule has 2 aromatic rings. The normalized spacial score (nSPS) is 22.8. The molecule has 10 heteroatoms. The minimum absolute atomic E-state index is 0.106. The number of imide groups is 1. The maximum atomic E-state index is 12.9. The first kappa shape index (κ1) is 21.8. The fourth-order valence-electron chi connectivity index (χ4n) is 4.36. The van der Waals surface area contributed by atoms with Crippen molar-refractivity contribution in [2.75, 3.05) is 13.7 Å². The van der Waals surface area contributed by atoms with Gasteiger partial charge in [0.1, 0.15) is 23.7 Å². The standard InChI is InChI=1S/C22H28N6O4/c1-3-14-8-10-22(11-9-14)20(30)28(21(31)25-22)13-18(29)23-12-17-24-19(27-26-17)15-4-6-16(32-2)7-5-15/h4-7,14H,3,8-13H2,1-2H3,(H,23,29)(H,25,31)(H,24,26,27).